The smallest absolute Gasteiger partial charge is 0.328 e. The molecule has 0 saturated heterocycles. The second kappa shape index (κ2) is 8.03. The summed E-state index contributed by atoms with van der Waals surface area (Å²) in [5.41, 5.74) is -0.234. The molecule has 122 valence electrons. The molecular formula is C13H18N2O7. The third-order valence-corrected chi connectivity index (χ3v) is 2.74. The number of esters is 1. The second-order valence-corrected chi connectivity index (χ2v) is 3.98. The molecule has 0 bridgehead atoms. The van der Waals surface area contributed by atoms with Gasteiger partial charge in [0.15, 0.2) is 11.5 Å². The van der Waals surface area contributed by atoms with Crippen LogP contribution in [0.25, 0.3) is 0 Å². The number of methoxy groups -OCH3 is 2. The number of hydroxylamine groups is 1. The molecule has 0 heterocycles. The molecule has 0 unspecified atom stereocenters. The monoisotopic (exact) mass is 314 g/mol. The van der Waals surface area contributed by atoms with Gasteiger partial charge in [0.1, 0.15) is 12.2 Å². The van der Waals surface area contributed by atoms with Crippen LogP contribution in [0, 0.1) is 10.1 Å². The Hall–Kier alpha value is -2.55. The van der Waals surface area contributed by atoms with E-state index >= 15 is 0 Å². The minimum atomic E-state index is -0.603. The number of hydrogen-bond donors (Lipinski definition) is 0. The van der Waals surface area contributed by atoms with Crippen molar-refractivity contribution in [1.82, 2.24) is 0 Å². The maximum atomic E-state index is 11.6. The molecule has 0 radical (unpaired) electrons. The van der Waals surface area contributed by atoms with E-state index in [2.05, 4.69) is 0 Å². The van der Waals surface area contributed by atoms with Crippen LogP contribution in [0.5, 0.6) is 11.5 Å². The summed E-state index contributed by atoms with van der Waals surface area (Å²) in [6.45, 7) is 1.55. The summed E-state index contributed by atoms with van der Waals surface area (Å²) in [7, 11) is 4.06. The van der Waals surface area contributed by atoms with E-state index in [-0.39, 0.29) is 36.0 Å². The van der Waals surface area contributed by atoms with Gasteiger partial charge in [-0.25, -0.2) is 5.06 Å². The molecule has 0 atom stereocenters. The average Bonchev–Trinajstić information content (AvgIpc) is 2.51. The Morgan fingerprint density at radius 3 is 2.27 bits per heavy atom. The number of nitro benzene ring substituents is 1. The zero-order chi connectivity index (χ0) is 16.7. The van der Waals surface area contributed by atoms with E-state index in [1.165, 1.54) is 33.5 Å². The van der Waals surface area contributed by atoms with Crippen molar-refractivity contribution in [1.29, 1.82) is 0 Å². The average molecular weight is 314 g/mol. The lowest BCUT2D eigenvalue weighted by Gasteiger charge is -2.21. The van der Waals surface area contributed by atoms with Gasteiger partial charge in [-0.05, 0) is 6.92 Å². The van der Waals surface area contributed by atoms with Crippen LogP contribution in [0.2, 0.25) is 0 Å². The predicted octanol–water partition coefficient (Wildman–Crippen LogP) is 1.54. The lowest BCUT2D eigenvalue weighted by molar-refractivity contribution is -0.384. The maximum absolute atomic E-state index is 11.6. The lowest BCUT2D eigenvalue weighted by Crippen LogP contribution is -2.30. The molecule has 9 nitrogen and oxygen atoms in total. The van der Waals surface area contributed by atoms with Crippen molar-refractivity contribution in [2.75, 3.05) is 39.5 Å². The summed E-state index contributed by atoms with van der Waals surface area (Å²) in [6.07, 6.45) is 0. The Bertz CT molecular complexity index is 547. The van der Waals surface area contributed by atoms with Gasteiger partial charge in [0, 0.05) is 6.07 Å². The van der Waals surface area contributed by atoms with Crippen LogP contribution in [0.15, 0.2) is 12.1 Å². The zero-order valence-corrected chi connectivity index (χ0v) is 12.8. The van der Waals surface area contributed by atoms with Crippen LogP contribution in [-0.4, -0.2) is 45.4 Å². The number of carbonyl (C=O) groups is 1. The maximum Gasteiger partial charge on any atom is 0.328 e. The molecular weight excluding hydrogens is 296 g/mol. The van der Waals surface area contributed by atoms with Gasteiger partial charge in [0.2, 0.25) is 0 Å². The minimum Gasteiger partial charge on any atom is -0.493 e. The van der Waals surface area contributed by atoms with E-state index in [0.717, 1.165) is 5.06 Å². The van der Waals surface area contributed by atoms with Crippen molar-refractivity contribution in [3.63, 3.8) is 0 Å². The van der Waals surface area contributed by atoms with Crippen molar-refractivity contribution in [2.45, 2.75) is 6.92 Å². The quantitative estimate of drug-likeness (QED) is 0.404. The van der Waals surface area contributed by atoms with Crippen molar-refractivity contribution in [3.8, 4) is 11.5 Å². The summed E-state index contributed by atoms with van der Waals surface area (Å²) in [4.78, 5) is 27.3. The number of anilines is 1. The highest BCUT2D eigenvalue weighted by atomic mass is 16.7. The largest absolute Gasteiger partial charge is 0.493 e. The Morgan fingerprint density at radius 2 is 1.82 bits per heavy atom. The molecule has 1 aromatic rings. The van der Waals surface area contributed by atoms with Crippen molar-refractivity contribution in [2.24, 2.45) is 0 Å². The first-order chi connectivity index (χ1) is 10.5. The van der Waals surface area contributed by atoms with Crippen LogP contribution in [0.4, 0.5) is 11.4 Å². The fourth-order valence-electron chi connectivity index (χ4n) is 1.78. The topological polar surface area (TPSA) is 100 Å². The van der Waals surface area contributed by atoms with Crippen molar-refractivity contribution < 1.29 is 28.8 Å². The number of nitro groups is 1. The highest BCUT2D eigenvalue weighted by molar-refractivity contribution is 5.78. The van der Waals surface area contributed by atoms with Gasteiger partial charge in [-0.1, -0.05) is 0 Å². The van der Waals surface area contributed by atoms with Crippen LogP contribution in [0.3, 0.4) is 0 Å². The standard InChI is InChI=1S/C13H18N2O7/c1-5-22-13(16)8-14(21-4)9-6-11(19-2)12(20-3)7-10(9)15(17)18/h6-7H,5,8H2,1-4H3. The fourth-order valence-corrected chi connectivity index (χ4v) is 1.78. The Kier molecular flexibility index (Phi) is 6.39. The van der Waals surface area contributed by atoms with Gasteiger partial charge >= 0.3 is 5.97 Å². The van der Waals surface area contributed by atoms with Crippen LogP contribution >= 0.6 is 0 Å². The number of rotatable bonds is 8. The predicted molar refractivity (Wildman–Crippen MR) is 77.2 cm³/mol. The van der Waals surface area contributed by atoms with Gasteiger partial charge in [-0.2, -0.15) is 0 Å². The summed E-state index contributed by atoms with van der Waals surface area (Å²) >= 11 is 0. The van der Waals surface area contributed by atoms with Gasteiger partial charge in [-0.3, -0.25) is 19.7 Å². The summed E-state index contributed by atoms with van der Waals surface area (Å²) < 4.78 is 15.0. The molecule has 0 saturated carbocycles. The highest BCUT2D eigenvalue weighted by Gasteiger charge is 2.26. The molecule has 0 aliphatic heterocycles. The van der Waals surface area contributed by atoms with Gasteiger partial charge < -0.3 is 14.2 Å². The van der Waals surface area contributed by atoms with E-state index < -0.39 is 10.9 Å². The van der Waals surface area contributed by atoms with Gasteiger partial charge in [-0.15, -0.1) is 0 Å². The highest BCUT2D eigenvalue weighted by Crippen LogP contribution is 2.39. The first-order valence-corrected chi connectivity index (χ1v) is 6.36. The molecule has 9 heteroatoms. The second-order valence-electron chi connectivity index (χ2n) is 3.98. The Labute approximate surface area is 127 Å². The first-order valence-electron chi connectivity index (χ1n) is 6.36. The van der Waals surface area contributed by atoms with E-state index in [1.807, 2.05) is 0 Å². The molecule has 0 fully saturated rings. The van der Waals surface area contributed by atoms with Crippen molar-refractivity contribution in [3.05, 3.63) is 22.2 Å². The number of carbonyl (C=O) groups excluding carboxylic acids is 1. The Balaban J connectivity index is 3.28. The molecule has 22 heavy (non-hydrogen) atoms. The molecule has 0 spiro atoms. The molecule has 0 amide bonds. The minimum absolute atomic E-state index is 0.0539. The SMILES string of the molecule is CCOC(=O)CN(OC)c1cc(OC)c(OC)cc1[N+](=O)[O-]. The molecule has 1 rings (SSSR count). The third kappa shape index (κ3) is 3.98. The summed E-state index contributed by atoms with van der Waals surface area (Å²) in [5.74, 6) is -0.104. The van der Waals surface area contributed by atoms with Crippen LogP contribution in [-0.2, 0) is 14.4 Å². The van der Waals surface area contributed by atoms with E-state index in [4.69, 9.17) is 19.0 Å². The van der Waals surface area contributed by atoms with E-state index in [1.54, 1.807) is 6.92 Å². The van der Waals surface area contributed by atoms with Gasteiger partial charge in [0.25, 0.3) is 5.69 Å². The van der Waals surface area contributed by atoms with Crippen molar-refractivity contribution >= 4 is 17.3 Å². The first kappa shape index (κ1) is 17.5. The molecule has 0 N–H and O–H groups in total. The van der Waals surface area contributed by atoms with Crippen LogP contribution < -0.4 is 14.5 Å². The number of nitrogens with zero attached hydrogens (tertiary/aromatic N) is 2. The Morgan fingerprint density at radius 1 is 1.23 bits per heavy atom. The van der Waals surface area contributed by atoms with E-state index in [0.29, 0.717) is 0 Å². The third-order valence-electron chi connectivity index (χ3n) is 2.74. The lowest BCUT2D eigenvalue weighted by atomic mass is 10.2. The van der Waals surface area contributed by atoms with Crippen LogP contribution in [0.1, 0.15) is 6.92 Å². The normalized spacial score (nSPS) is 10.0. The fraction of sp³-hybridized carbons (Fsp3) is 0.462. The van der Waals surface area contributed by atoms with Gasteiger partial charge in [0.05, 0.1) is 38.9 Å². The molecule has 1 aromatic carbocycles. The number of benzene rings is 1. The molecule has 0 aromatic heterocycles. The zero-order valence-electron chi connectivity index (χ0n) is 12.8. The number of hydrogen-bond acceptors (Lipinski definition) is 8. The molecule has 0 aliphatic rings. The number of ether oxygens (including phenoxy) is 3. The van der Waals surface area contributed by atoms with E-state index in [9.17, 15) is 14.9 Å². The summed E-state index contributed by atoms with van der Waals surface area (Å²) in [6, 6.07) is 2.56. The summed E-state index contributed by atoms with van der Waals surface area (Å²) in [5, 5.41) is 12.3. The molecule has 0 aliphatic carbocycles.